The van der Waals surface area contributed by atoms with Crippen LogP contribution >= 0.6 is 11.6 Å². The Morgan fingerprint density at radius 2 is 2.17 bits per heavy atom. The van der Waals surface area contributed by atoms with Crippen LogP contribution in [0.15, 0.2) is 0 Å². The number of aryl methyl sites for hydroxylation is 2. The lowest BCUT2D eigenvalue weighted by atomic mass is 10.3. The molecule has 1 amide bonds. The van der Waals surface area contributed by atoms with Crippen LogP contribution in [0.25, 0.3) is 0 Å². The summed E-state index contributed by atoms with van der Waals surface area (Å²) in [5.41, 5.74) is 1.75. The van der Waals surface area contributed by atoms with E-state index in [-0.39, 0.29) is 18.5 Å². The summed E-state index contributed by atoms with van der Waals surface area (Å²) in [4.78, 5) is 11.5. The Kier molecular flexibility index (Phi) is 5.62. The summed E-state index contributed by atoms with van der Waals surface area (Å²) in [6.07, 6.45) is 0. The van der Waals surface area contributed by atoms with Crippen molar-refractivity contribution in [3.05, 3.63) is 16.4 Å². The third kappa shape index (κ3) is 3.99. The van der Waals surface area contributed by atoms with Gasteiger partial charge in [0.2, 0.25) is 5.91 Å². The molecule has 2 N–H and O–H groups in total. The first kappa shape index (κ1) is 15.0. The van der Waals surface area contributed by atoms with Gasteiger partial charge in [0.1, 0.15) is 0 Å². The monoisotopic (exact) mass is 272 g/mol. The lowest BCUT2D eigenvalue weighted by Crippen LogP contribution is -2.37. The topological polar surface area (TPSA) is 59.0 Å². The van der Waals surface area contributed by atoms with Gasteiger partial charge in [0.25, 0.3) is 0 Å². The third-order valence-electron chi connectivity index (χ3n) is 2.48. The Hall–Kier alpha value is -1.07. The van der Waals surface area contributed by atoms with E-state index >= 15 is 0 Å². The van der Waals surface area contributed by atoms with Gasteiger partial charge in [0.15, 0.2) is 0 Å². The summed E-state index contributed by atoms with van der Waals surface area (Å²) in [6, 6.07) is 0.159. The second kappa shape index (κ2) is 6.75. The van der Waals surface area contributed by atoms with Crippen LogP contribution in [0.5, 0.6) is 0 Å². The maximum Gasteiger partial charge on any atom is 0.234 e. The molecule has 0 aromatic carbocycles. The van der Waals surface area contributed by atoms with Crippen molar-refractivity contribution < 1.29 is 4.79 Å². The van der Waals surface area contributed by atoms with Crippen LogP contribution in [0.1, 0.15) is 32.2 Å². The van der Waals surface area contributed by atoms with Crippen molar-refractivity contribution >= 4 is 17.5 Å². The number of aromatic nitrogens is 2. The van der Waals surface area contributed by atoms with Crippen molar-refractivity contribution in [2.24, 2.45) is 0 Å². The van der Waals surface area contributed by atoms with E-state index in [1.165, 1.54) is 0 Å². The van der Waals surface area contributed by atoms with Gasteiger partial charge in [-0.25, -0.2) is 0 Å². The summed E-state index contributed by atoms with van der Waals surface area (Å²) in [6.45, 7) is 9.35. The fourth-order valence-corrected chi connectivity index (χ4v) is 1.91. The highest BCUT2D eigenvalue weighted by atomic mass is 35.5. The highest BCUT2D eigenvalue weighted by Gasteiger charge is 2.12. The zero-order valence-electron chi connectivity index (χ0n) is 11.4. The molecule has 0 unspecified atom stereocenters. The zero-order valence-corrected chi connectivity index (χ0v) is 12.1. The Bertz CT molecular complexity index is 414. The molecule has 0 radical (unpaired) electrons. The number of nitrogens with zero attached hydrogens (tertiary/aromatic N) is 2. The third-order valence-corrected chi connectivity index (χ3v) is 2.97. The standard InChI is InChI=1S/C12H21ClN4O/c1-5-17-10(12(13)9(4)16-17)6-14-7-11(18)15-8(2)3/h8,14H,5-7H2,1-4H3,(H,15,18). The van der Waals surface area contributed by atoms with Crippen molar-refractivity contribution in [1.29, 1.82) is 0 Å². The minimum absolute atomic E-state index is 0.0135. The summed E-state index contributed by atoms with van der Waals surface area (Å²) in [5, 5.41) is 10.9. The van der Waals surface area contributed by atoms with E-state index in [2.05, 4.69) is 15.7 Å². The maximum atomic E-state index is 11.5. The molecule has 1 aromatic rings. The van der Waals surface area contributed by atoms with E-state index in [0.717, 1.165) is 17.9 Å². The largest absolute Gasteiger partial charge is 0.353 e. The van der Waals surface area contributed by atoms with Gasteiger partial charge in [-0.1, -0.05) is 11.6 Å². The molecule has 0 bridgehead atoms. The molecule has 0 fully saturated rings. The number of carbonyl (C=O) groups is 1. The molecule has 0 saturated heterocycles. The lowest BCUT2D eigenvalue weighted by Gasteiger charge is -2.10. The van der Waals surface area contributed by atoms with Crippen molar-refractivity contribution in [1.82, 2.24) is 20.4 Å². The molecule has 6 heteroatoms. The van der Waals surface area contributed by atoms with Gasteiger partial charge in [-0.05, 0) is 27.7 Å². The van der Waals surface area contributed by atoms with Gasteiger partial charge < -0.3 is 10.6 Å². The molecule has 0 saturated carbocycles. The number of carbonyl (C=O) groups excluding carboxylic acids is 1. The van der Waals surface area contributed by atoms with Crippen LogP contribution in [0.4, 0.5) is 0 Å². The second-order valence-corrected chi connectivity index (χ2v) is 4.87. The molecule has 1 heterocycles. The van der Waals surface area contributed by atoms with E-state index in [0.29, 0.717) is 11.6 Å². The van der Waals surface area contributed by atoms with Crippen LogP contribution in [-0.4, -0.2) is 28.3 Å². The van der Waals surface area contributed by atoms with Crippen LogP contribution in [0.2, 0.25) is 5.02 Å². The number of amides is 1. The Morgan fingerprint density at radius 1 is 1.50 bits per heavy atom. The van der Waals surface area contributed by atoms with Gasteiger partial charge in [-0.2, -0.15) is 5.10 Å². The van der Waals surface area contributed by atoms with Crippen molar-refractivity contribution in [3.63, 3.8) is 0 Å². The predicted molar refractivity (Wildman–Crippen MR) is 72.6 cm³/mol. The lowest BCUT2D eigenvalue weighted by molar-refractivity contribution is -0.120. The number of hydrogen-bond donors (Lipinski definition) is 2. The summed E-state index contributed by atoms with van der Waals surface area (Å²) >= 11 is 6.17. The minimum atomic E-state index is -0.0135. The van der Waals surface area contributed by atoms with Crippen molar-refractivity contribution in [2.75, 3.05) is 6.54 Å². The molecule has 1 aromatic heterocycles. The van der Waals surface area contributed by atoms with Gasteiger partial charge >= 0.3 is 0 Å². The summed E-state index contributed by atoms with van der Waals surface area (Å²) < 4.78 is 1.85. The molecular weight excluding hydrogens is 252 g/mol. The normalized spacial score (nSPS) is 11.0. The van der Waals surface area contributed by atoms with Crippen LogP contribution in [0.3, 0.4) is 0 Å². The number of halogens is 1. The number of rotatable bonds is 6. The summed E-state index contributed by atoms with van der Waals surface area (Å²) in [5.74, 6) is -0.0135. The molecule has 18 heavy (non-hydrogen) atoms. The van der Waals surface area contributed by atoms with Crippen molar-refractivity contribution in [2.45, 2.75) is 46.8 Å². The number of hydrogen-bond acceptors (Lipinski definition) is 3. The van der Waals surface area contributed by atoms with E-state index in [1.54, 1.807) is 0 Å². The summed E-state index contributed by atoms with van der Waals surface area (Å²) in [7, 11) is 0. The van der Waals surface area contributed by atoms with Crippen LogP contribution in [-0.2, 0) is 17.9 Å². The first-order chi connectivity index (χ1) is 8.45. The molecule has 102 valence electrons. The molecule has 0 aliphatic rings. The zero-order chi connectivity index (χ0) is 13.7. The first-order valence-corrected chi connectivity index (χ1v) is 6.55. The first-order valence-electron chi connectivity index (χ1n) is 6.17. The average Bonchev–Trinajstić information content (AvgIpc) is 2.55. The van der Waals surface area contributed by atoms with E-state index < -0.39 is 0 Å². The maximum absolute atomic E-state index is 11.5. The molecule has 1 rings (SSSR count). The van der Waals surface area contributed by atoms with Crippen molar-refractivity contribution in [3.8, 4) is 0 Å². The molecular formula is C12H21ClN4O. The van der Waals surface area contributed by atoms with Gasteiger partial charge in [0, 0.05) is 19.1 Å². The SMILES string of the molecule is CCn1nc(C)c(Cl)c1CNCC(=O)NC(C)C. The Labute approximate surface area is 113 Å². The molecule has 0 aliphatic heterocycles. The smallest absolute Gasteiger partial charge is 0.234 e. The van der Waals surface area contributed by atoms with Crippen LogP contribution in [0, 0.1) is 6.92 Å². The van der Waals surface area contributed by atoms with E-state index in [1.807, 2.05) is 32.4 Å². The predicted octanol–water partition coefficient (Wildman–Crippen LogP) is 1.48. The second-order valence-electron chi connectivity index (χ2n) is 4.49. The van der Waals surface area contributed by atoms with E-state index in [4.69, 9.17) is 11.6 Å². The average molecular weight is 273 g/mol. The molecule has 0 atom stereocenters. The Balaban J connectivity index is 2.51. The molecule has 5 nitrogen and oxygen atoms in total. The fourth-order valence-electron chi connectivity index (χ4n) is 1.71. The fraction of sp³-hybridized carbons (Fsp3) is 0.667. The van der Waals surface area contributed by atoms with Gasteiger partial charge in [0.05, 0.1) is 23.0 Å². The molecule has 0 aliphatic carbocycles. The van der Waals surface area contributed by atoms with Gasteiger partial charge in [-0.15, -0.1) is 0 Å². The quantitative estimate of drug-likeness (QED) is 0.825. The van der Waals surface area contributed by atoms with Gasteiger partial charge in [-0.3, -0.25) is 9.48 Å². The van der Waals surface area contributed by atoms with E-state index in [9.17, 15) is 4.79 Å². The highest BCUT2D eigenvalue weighted by Crippen LogP contribution is 2.19. The van der Waals surface area contributed by atoms with Crippen LogP contribution < -0.4 is 10.6 Å². The Morgan fingerprint density at radius 3 is 2.72 bits per heavy atom. The highest BCUT2D eigenvalue weighted by molar-refractivity contribution is 6.31. The molecule has 0 spiro atoms. The minimum Gasteiger partial charge on any atom is -0.353 e. The number of nitrogens with one attached hydrogen (secondary N) is 2.